The lowest BCUT2D eigenvalue weighted by atomic mass is 10.2. The molecule has 0 atom stereocenters. The molecule has 6 nitrogen and oxygen atoms in total. The number of benzene rings is 2. The van der Waals surface area contributed by atoms with Crippen LogP contribution in [0.4, 0.5) is 14.5 Å². The Balaban J connectivity index is 2.05. The van der Waals surface area contributed by atoms with Gasteiger partial charge in [-0.05, 0) is 56.7 Å². The summed E-state index contributed by atoms with van der Waals surface area (Å²) in [5.74, 6) is -2.27. The van der Waals surface area contributed by atoms with Crippen molar-refractivity contribution in [1.82, 2.24) is 4.72 Å². The predicted molar refractivity (Wildman–Crippen MR) is 97.1 cm³/mol. The monoisotopic (exact) mass is 398 g/mol. The first kappa shape index (κ1) is 20.8. The van der Waals surface area contributed by atoms with E-state index in [-0.39, 0.29) is 16.7 Å². The fourth-order valence-corrected chi connectivity index (χ4v) is 3.60. The highest BCUT2D eigenvalue weighted by atomic mass is 32.2. The molecule has 0 bridgehead atoms. The number of nitrogens with one attached hydrogen (secondary N) is 2. The molecule has 0 aliphatic rings. The van der Waals surface area contributed by atoms with Crippen molar-refractivity contribution in [1.29, 1.82) is 0 Å². The molecule has 1 amide bonds. The Bertz CT molecular complexity index is 926. The molecule has 2 N–H and O–H groups in total. The standard InChI is InChI=1S/C18H20F2N2O4S/c1-11(2)22-27(24,25)13-7-8-16(12(3)9-13)26-10-17(23)21-18-14(19)5-4-6-15(18)20/h4-9,11,22H,10H2,1-3H3,(H,21,23). The predicted octanol–water partition coefficient (Wildman–Crippen LogP) is 2.98. The Kier molecular flexibility index (Phi) is 6.50. The maximum atomic E-state index is 13.5. The number of rotatable bonds is 7. The van der Waals surface area contributed by atoms with E-state index in [1.807, 2.05) is 0 Å². The van der Waals surface area contributed by atoms with E-state index in [2.05, 4.69) is 10.0 Å². The average Bonchev–Trinajstić information content (AvgIpc) is 2.56. The fourth-order valence-electron chi connectivity index (χ4n) is 2.27. The van der Waals surface area contributed by atoms with Crippen LogP contribution in [0, 0.1) is 18.6 Å². The van der Waals surface area contributed by atoms with Crippen LogP contribution in [0.5, 0.6) is 5.75 Å². The molecule has 2 aromatic rings. The molecular weight excluding hydrogens is 378 g/mol. The Morgan fingerprint density at radius 3 is 2.33 bits per heavy atom. The number of aryl methyl sites for hydroxylation is 1. The van der Waals surface area contributed by atoms with Crippen LogP contribution in [-0.2, 0) is 14.8 Å². The van der Waals surface area contributed by atoms with Gasteiger partial charge in [0, 0.05) is 6.04 Å². The minimum Gasteiger partial charge on any atom is -0.483 e. The van der Waals surface area contributed by atoms with E-state index in [0.717, 1.165) is 12.1 Å². The van der Waals surface area contributed by atoms with E-state index in [1.165, 1.54) is 24.3 Å². The maximum absolute atomic E-state index is 13.5. The fraction of sp³-hybridized carbons (Fsp3) is 0.278. The van der Waals surface area contributed by atoms with E-state index in [1.54, 1.807) is 20.8 Å². The van der Waals surface area contributed by atoms with Gasteiger partial charge in [-0.2, -0.15) is 0 Å². The lowest BCUT2D eigenvalue weighted by Gasteiger charge is -2.13. The van der Waals surface area contributed by atoms with Gasteiger partial charge in [0.1, 0.15) is 23.1 Å². The highest BCUT2D eigenvalue weighted by Gasteiger charge is 2.17. The first-order chi connectivity index (χ1) is 12.6. The topological polar surface area (TPSA) is 84.5 Å². The molecule has 27 heavy (non-hydrogen) atoms. The lowest BCUT2D eigenvalue weighted by Crippen LogP contribution is -2.30. The van der Waals surface area contributed by atoms with Crippen molar-refractivity contribution in [3.8, 4) is 5.75 Å². The molecule has 2 rings (SSSR count). The van der Waals surface area contributed by atoms with Gasteiger partial charge in [0.25, 0.3) is 5.91 Å². The Hall–Kier alpha value is -2.52. The third-order valence-electron chi connectivity index (χ3n) is 3.43. The van der Waals surface area contributed by atoms with Crippen LogP contribution in [0.15, 0.2) is 41.3 Å². The van der Waals surface area contributed by atoms with Crippen molar-refractivity contribution < 1.29 is 26.7 Å². The number of hydrogen-bond acceptors (Lipinski definition) is 4. The van der Waals surface area contributed by atoms with Crippen molar-refractivity contribution in [2.75, 3.05) is 11.9 Å². The number of carbonyl (C=O) groups excluding carboxylic acids is 1. The number of para-hydroxylation sites is 1. The van der Waals surface area contributed by atoms with Crippen molar-refractivity contribution in [2.24, 2.45) is 0 Å². The van der Waals surface area contributed by atoms with E-state index in [4.69, 9.17) is 4.74 Å². The highest BCUT2D eigenvalue weighted by Crippen LogP contribution is 2.22. The van der Waals surface area contributed by atoms with Crippen LogP contribution < -0.4 is 14.8 Å². The van der Waals surface area contributed by atoms with Crippen LogP contribution in [0.2, 0.25) is 0 Å². The number of carbonyl (C=O) groups is 1. The minimum atomic E-state index is -3.65. The molecule has 0 aliphatic carbocycles. The summed E-state index contributed by atoms with van der Waals surface area (Å²) >= 11 is 0. The zero-order valence-electron chi connectivity index (χ0n) is 15.0. The summed E-state index contributed by atoms with van der Waals surface area (Å²) in [6.07, 6.45) is 0. The summed E-state index contributed by atoms with van der Waals surface area (Å²) in [5.41, 5.74) is -0.0597. The van der Waals surface area contributed by atoms with Gasteiger partial charge in [-0.3, -0.25) is 4.79 Å². The van der Waals surface area contributed by atoms with Gasteiger partial charge >= 0.3 is 0 Å². The second kappa shape index (κ2) is 8.45. The van der Waals surface area contributed by atoms with Gasteiger partial charge in [-0.15, -0.1) is 0 Å². The van der Waals surface area contributed by atoms with Crippen LogP contribution >= 0.6 is 0 Å². The van der Waals surface area contributed by atoms with E-state index >= 15 is 0 Å². The van der Waals surface area contributed by atoms with Crippen molar-refractivity contribution in [2.45, 2.75) is 31.7 Å². The third-order valence-corrected chi connectivity index (χ3v) is 5.09. The SMILES string of the molecule is Cc1cc(S(=O)(=O)NC(C)C)ccc1OCC(=O)Nc1c(F)cccc1F. The van der Waals surface area contributed by atoms with Crippen LogP contribution in [0.3, 0.4) is 0 Å². The lowest BCUT2D eigenvalue weighted by molar-refractivity contribution is -0.118. The smallest absolute Gasteiger partial charge is 0.262 e. The van der Waals surface area contributed by atoms with Gasteiger partial charge in [0.15, 0.2) is 6.61 Å². The Morgan fingerprint density at radius 1 is 1.15 bits per heavy atom. The first-order valence-corrected chi connectivity index (χ1v) is 9.58. The molecule has 0 aliphatic heterocycles. The van der Waals surface area contributed by atoms with Crippen molar-refractivity contribution in [3.05, 3.63) is 53.6 Å². The minimum absolute atomic E-state index is 0.0685. The number of anilines is 1. The maximum Gasteiger partial charge on any atom is 0.262 e. The van der Waals surface area contributed by atoms with Gasteiger partial charge in [-0.25, -0.2) is 21.9 Å². The summed E-state index contributed by atoms with van der Waals surface area (Å²) in [5, 5.41) is 2.11. The highest BCUT2D eigenvalue weighted by molar-refractivity contribution is 7.89. The van der Waals surface area contributed by atoms with E-state index in [0.29, 0.717) is 5.56 Å². The molecule has 0 spiro atoms. The molecular formula is C18H20F2N2O4S. The molecule has 0 heterocycles. The van der Waals surface area contributed by atoms with Crippen LogP contribution in [0.25, 0.3) is 0 Å². The van der Waals surface area contributed by atoms with Crippen molar-refractivity contribution in [3.63, 3.8) is 0 Å². The molecule has 9 heteroatoms. The molecule has 0 saturated carbocycles. The molecule has 0 fully saturated rings. The number of amides is 1. The molecule has 146 valence electrons. The zero-order valence-corrected chi connectivity index (χ0v) is 15.9. The van der Waals surface area contributed by atoms with E-state index in [9.17, 15) is 22.0 Å². The Morgan fingerprint density at radius 2 is 1.78 bits per heavy atom. The second-order valence-electron chi connectivity index (χ2n) is 6.14. The molecule has 0 aromatic heterocycles. The molecule has 0 radical (unpaired) electrons. The van der Waals surface area contributed by atoms with Gasteiger partial charge in [0.05, 0.1) is 4.90 Å². The average molecular weight is 398 g/mol. The number of halogens is 2. The summed E-state index contributed by atoms with van der Waals surface area (Å²) in [4.78, 5) is 11.9. The molecule has 2 aromatic carbocycles. The summed E-state index contributed by atoms with van der Waals surface area (Å²) in [6, 6.07) is 7.15. The first-order valence-electron chi connectivity index (χ1n) is 8.10. The third kappa shape index (κ3) is 5.48. The molecule has 0 unspecified atom stereocenters. The summed E-state index contributed by atoms with van der Waals surface area (Å²) < 4.78 is 59.2. The summed E-state index contributed by atoms with van der Waals surface area (Å²) in [6.45, 7) is 4.54. The normalized spacial score (nSPS) is 11.5. The van der Waals surface area contributed by atoms with Crippen molar-refractivity contribution >= 4 is 21.6 Å². The van der Waals surface area contributed by atoms with Crippen LogP contribution in [0.1, 0.15) is 19.4 Å². The zero-order chi connectivity index (χ0) is 20.2. The Labute approximate surface area is 156 Å². The quantitative estimate of drug-likeness (QED) is 0.751. The number of hydrogen-bond donors (Lipinski definition) is 2. The van der Waals surface area contributed by atoms with Gasteiger partial charge in [-0.1, -0.05) is 6.07 Å². The largest absolute Gasteiger partial charge is 0.483 e. The van der Waals surface area contributed by atoms with E-state index < -0.39 is 39.9 Å². The van der Waals surface area contributed by atoms with Gasteiger partial charge in [0.2, 0.25) is 10.0 Å². The van der Waals surface area contributed by atoms with Crippen LogP contribution in [-0.4, -0.2) is 27.0 Å². The van der Waals surface area contributed by atoms with Gasteiger partial charge < -0.3 is 10.1 Å². The second-order valence-corrected chi connectivity index (χ2v) is 7.85. The number of sulfonamides is 1. The molecule has 0 saturated heterocycles. The summed E-state index contributed by atoms with van der Waals surface area (Å²) in [7, 11) is -3.65. The number of ether oxygens (including phenoxy) is 1.